The Hall–Kier alpha value is -0.870. The van der Waals surface area contributed by atoms with Crippen molar-refractivity contribution in [3.8, 4) is 11.5 Å². The largest absolute Gasteiger partial charge is 0.496 e. The number of methoxy groups -OCH3 is 2. The average molecular weight is 241 g/mol. The van der Waals surface area contributed by atoms with Crippen molar-refractivity contribution in [3.63, 3.8) is 0 Å². The van der Waals surface area contributed by atoms with E-state index in [0.29, 0.717) is 5.75 Å². The molecule has 2 N–H and O–H groups in total. The zero-order valence-corrected chi connectivity index (χ0v) is 11.1. The van der Waals surface area contributed by atoms with Gasteiger partial charge < -0.3 is 15.2 Å². The van der Waals surface area contributed by atoms with E-state index in [2.05, 4.69) is 12.6 Å². The number of benzene rings is 1. The van der Waals surface area contributed by atoms with Crippen LogP contribution < -0.4 is 15.2 Å². The maximum Gasteiger partial charge on any atom is 0.127 e. The smallest absolute Gasteiger partial charge is 0.127 e. The number of ether oxygens (including phenoxy) is 2. The number of thiol groups is 1. The highest BCUT2D eigenvalue weighted by Crippen LogP contribution is 2.36. The van der Waals surface area contributed by atoms with Crippen LogP contribution in [0.5, 0.6) is 11.5 Å². The van der Waals surface area contributed by atoms with Gasteiger partial charge in [-0.1, -0.05) is 0 Å². The predicted molar refractivity (Wildman–Crippen MR) is 69.8 cm³/mol. The third kappa shape index (κ3) is 2.28. The number of nitrogens with two attached hydrogens (primary N) is 1. The van der Waals surface area contributed by atoms with Crippen LogP contribution in [0.1, 0.15) is 22.7 Å². The Morgan fingerprint density at radius 1 is 1.25 bits per heavy atom. The van der Waals surface area contributed by atoms with Crippen molar-refractivity contribution < 1.29 is 9.47 Å². The minimum absolute atomic E-state index is 0.147. The third-order valence-electron chi connectivity index (χ3n) is 2.84. The van der Waals surface area contributed by atoms with E-state index in [9.17, 15) is 0 Å². The van der Waals surface area contributed by atoms with E-state index in [1.165, 1.54) is 0 Å². The molecule has 0 fully saturated rings. The molecule has 16 heavy (non-hydrogen) atoms. The topological polar surface area (TPSA) is 44.5 Å². The summed E-state index contributed by atoms with van der Waals surface area (Å²) in [5.74, 6) is 2.24. The van der Waals surface area contributed by atoms with E-state index in [-0.39, 0.29) is 6.04 Å². The van der Waals surface area contributed by atoms with Crippen molar-refractivity contribution in [1.82, 2.24) is 0 Å². The van der Waals surface area contributed by atoms with E-state index in [0.717, 1.165) is 28.2 Å². The molecule has 90 valence electrons. The third-order valence-corrected chi connectivity index (χ3v) is 3.24. The molecule has 0 aliphatic rings. The average Bonchev–Trinajstić information content (AvgIpc) is 2.31. The van der Waals surface area contributed by atoms with Gasteiger partial charge in [0.25, 0.3) is 0 Å². The molecule has 0 aromatic heterocycles. The summed E-state index contributed by atoms with van der Waals surface area (Å²) in [6.45, 7) is 4.01. The lowest BCUT2D eigenvalue weighted by molar-refractivity contribution is 0.391. The second-order valence-electron chi connectivity index (χ2n) is 3.74. The summed E-state index contributed by atoms with van der Waals surface area (Å²) in [4.78, 5) is 0. The molecule has 0 saturated heterocycles. The first-order chi connectivity index (χ1) is 7.56. The van der Waals surface area contributed by atoms with Crippen molar-refractivity contribution >= 4 is 12.6 Å². The monoisotopic (exact) mass is 241 g/mol. The molecule has 0 aliphatic heterocycles. The summed E-state index contributed by atoms with van der Waals surface area (Å²) < 4.78 is 10.7. The molecule has 3 nitrogen and oxygen atoms in total. The van der Waals surface area contributed by atoms with Crippen LogP contribution in [0.4, 0.5) is 0 Å². The van der Waals surface area contributed by atoms with E-state index in [4.69, 9.17) is 15.2 Å². The van der Waals surface area contributed by atoms with Gasteiger partial charge >= 0.3 is 0 Å². The molecule has 0 spiro atoms. The first-order valence-corrected chi connectivity index (χ1v) is 5.78. The molecule has 0 aliphatic carbocycles. The maximum absolute atomic E-state index is 6.00. The Morgan fingerprint density at radius 3 is 2.31 bits per heavy atom. The first-order valence-electron chi connectivity index (χ1n) is 5.15. The van der Waals surface area contributed by atoms with E-state index in [1.807, 2.05) is 19.9 Å². The Morgan fingerprint density at radius 2 is 1.88 bits per heavy atom. The lowest BCUT2D eigenvalue weighted by atomic mass is 9.99. The van der Waals surface area contributed by atoms with Gasteiger partial charge in [-0.2, -0.15) is 12.6 Å². The van der Waals surface area contributed by atoms with Gasteiger partial charge in [-0.05, 0) is 31.0 Å². The summed E-state index contributed by atoms with van der Waals surface area (Å²) in [6.07, 6.45) is 0. The van der Waals surface area contributed by atoms with Crippen LogP contribution in [-0.2, 0) is 0 Å². The minimum Gasteiger partial charge on any atom is -0.496 e. The van der Waals surface area contributed by atoms with Gasteiger partial charge in [-0.25, -0.2) is 0 Å². The van der Waals surface area contributed by atoms with E-state index >= 15 is 0 Å². The fourth-order valence-electron chi connectivity index (χ4n) is 1.74. The molecule has 4 heteroatoms. The molecular formula is C12H19NO2S. The zero-order valence-electron chi connectivity index (χ0n) is 10.2. The van der Waals surface area contributed by atoms with Crippen molar-refractivity contribution in [3.05, 3.63) is 22.8 Å². The van der Waals surface area contributed by atoms with Crippen LogP contribution in [0.3, 0.4) is 0 Å². The lowest BCUT2D eigenvalue weighted by Gasteiger charge is -2.19. The normalized spacial score (nSPS) is 12.4. The van der Waals surface area contributed by atoms with Crippen LogP contribution in [0.15, 0.2) is 6.07 Å². The van der Waals surface area contributed by atoms with Gasteiger partial charge in [0.05, 0.1) is 14.2 Å². The number of rotatable bonds is 4. The van der Waals surface area contributed by atoms with Crippen LogP contribution in [-0.4, -0.2) is 20.0 Å². The molecule has 0 heterocycles. The van der Waals surface area contributed by atoms with Crippen LogP contribution in [0.25, 0.3) is 0 Å². The van der Waals surface area contributed by atoms with Gasteiger partial charge in [0.15, 0.2) is 0 Å². The molecule has 0 saturated carbocycles. The molecular weight excluding hydrogens is 222 g/mol. The Balaban J connectivity index is 3.40. The first kappa shape index (κ1) is 13.2. The number of hydrogen-bond donors (Lipinski definition) is 2. The maximum atomic E-state index is 6.00. The minimum atomic E-state index is -0.147. The Labute approximate surface area is 102 Å². The van der Waals surface area contributed by atoms with Gasteiger partial charge in [0, 0.05) is 17.4 Å². The quantitative estimate of drug-likeness (QED) is 0.795. The molecule has 0 radical (unpaired) electrons. The van der Waals surface area contributed by atoms with Crippen LogP contribution >= 0.6 is 12.6 Å². The van der Waals surface area contributed by atoms with Gasteiger partial charge in [-0.15, -0.1) is 0 Å². The summed E-state index contributed by atoms with van der Waals surface area (Å²) in [5, 5.41) is 0. The molecule has 0 amide bonds. The molecule has 1 aromatic rings. The molecule has 1 unspecified atom stereocenters. The second kappa shape index (κ2) is 5.46. The fourth-order valence-corrected chi connectivity index (χ4v) is 1.94. The van der Waals surface area contributed by atoms with Crippen molar-refractivity contribution in [1.29, 1.82) is 0 Å². The zero-order chi connectivity index (χ0) is 12.3. The van der Waals surface area contributed by atoms with Gasteiger partial charge in [0.2, 0.25) is 0 Å². The second-order valence-corrected chi connectivity index (χ2v) is 4.11. The molecule has 1 atom stereocenters. The Bertz CT molecular complexity index is 380. The summed E-state index contributed by atoms with van der Waals surface area (Å²) in [6, 6.07) is 1.79. The van der Waals surface area contributed by atoms with Crippen LogP contribution in [0.2, 0.25) is 0 Å². The van der Waals surface area contributed by atoms with E-state index in [1.54, 1.807) is 14.2 Å². The standard InChI is InChI=1S/C12H19NO2S/c1-7-8(2)12(15-4)9(10(13)6-16)5-11(7)14-3/h5,10,16H,6,13H2,1-4H3. The molecule has 1 rings (SSSR count). The van der Waals surface area contributed by atoms with Crippen molar-refractivity contribution in [2.45, 2.75) is 19.9 Å². The Kier molecular flexibility index (Phi) is 4.50. The van der Waals surface area contributed by atoms with Crippen molar-refractivity contribution in [2.75, 3.05) is 20.0 Å². The van der Waals surface area contributed by atoms with Crippen molar-refractivity contribution in [2.24, 2.45) is 5.73 Å². The summed E-state index contributed by atoms with van der Waals surface area (Å²) in [5.41, 5.74) is 9.09. The lowest BCUT2D eigenvalue weighted by Crippen LogP contribution is -2.14. The van der Waals surface area contributed by atoms with Gasteiger partial charge in [0.1, 0.15) is 11.5 Å². The highest BCUT2D eigenvalue weighted by Gasteiger charge is 2.17. The van der Waals surface area contributed by atoms with Gasteiger partial charge in [-0.3, -0.25) is 0 Å². The molecule has 0 bridgehead atoms. The summed E-state index contributed by atoms with van der Waals surface area (Å²) >= 11 is 4.22. The SMILES string of the molecule is COc1cc(C(N)CS)c(OC)c(C)c1C. The molecule has 1 aromatic carbocycles. The highest BCUT2D eigenvalue weighted by molar-refractivity contribution is 7.80. The van der Waals surface area contributed by atoms with E-state index < -0.39 is 0 Å². The predicted octanol–water partition coefficient (Wildman–Crippen LogP) is 2.25. The van der Waals surface area contributed by atoms with Crippen LogP contribution in [0, 0.1) is 13.8 Å². The highest BCUT2D eigenvalue weighted by atomic mass is 32.1. The fraction of sp³-hybridized carbons (Fsp3) is 0.500. The number of hydrogen-bond acceptors (Lipinski definition) is 4. The summed E-state index contributed by atoms with van der Waals surface area (Å²) in [7, 11) is 3.31.